The van der Waals surface area contributed by atoms with E-state index in [1.54, 1.807) is 24.3 Å². The first-order valence-corrected chi connectivity index (χ1v) is 6.32. The molecule has 0 aliphatic heterocycles. The van der Waals surface area contributed by atoms with Crippen LogP contribution in [0.1, 0.15) is 16.8 Å². The molecule has 0 saturated heterocycles. The van der Waals surface area contributed by atoms with Crippen molar-refractivity contribution in [3.8, 4) is 0 Å². The van der Waals surface area contributed by atoms with Gasteiger partial charge in [0.25, 0.3) is 0 Å². The van der Waals surface area contributed by atoms with Crippen molar-refractivity contribution in [3.63, 3.8) is 0 Å². The van der Waals surface area contributed by atoms with E-state index in [2.05, 4.69) is 0 Å². The number of halogens is 2. The van der Waals surface area contributed by atoms with E-state index in [-0.39, 0.29) is 11.1 Å². The molecule has 0 heterocycles. The van der Waals surface area contributed by atoms with Crippen LogP contribution in [0, 0.1) is 11.6 Å². The third-order valence-electron chi connectivity index (χ3n) is 2.62. The fourth-order valence-corrected chi connectivity index (χ4v) is 2.60. The summed E-state index contributed by atoms with van der Waals surface area (Å²) in [6.07, 6.45) is 0. The summed E-state index contributed by atoms with van der Waals surface area (Å²) < 4.78 is 38.5. The Balaban J connectivity index is 2.52. The molecule has 0 aliphatic rings. The molecule has 1 unspecified atom stereocenters. The van der Waals surface area contributed by atoms with E-state index < -0.39 is 25.8 Å². The molecule has 2 aromatic carbocycles. The molecule has 0 bridgehead atoms. The monoisotopic (exact) mass is 252 g/mol. The summed E-state index contributed by atoms with van der Waals surface area (Å²) in [6.45, 7) is 0. The van der Waals surface area contributed by atoms with Crippen LogP contribution < -0.4 is 0 Å². The molecule has 0 aliphatic carbocycles. The molecule has 0 radical (unpaired) electrons. The van der Waals surface area contributed by atoms with E-state index in [4.69, 9.17) is 0 Å². The first-order valence-electron chi connectivity index (χ1n) is 5.18. The molecule has 0 spiro atoms. The normalized spacial score (nSPS) is 11.5. The topological polar surface area (TPSA) is 17.1 Å². The Kier molecular flexibility index (Phi) is 3.70. The minimum absolute atomic E-state index is 0.280. The van der Waals surface area contributed by atoms with Gasteiger partial charge in [-0.2, -0.15) is 0 Å². The maximum absolute atomic E-state index is 13.6. The minimum atomic E-state index is -1.34. The largest absolute Gasteiger partial charge is 0.329 e. The summed E-state index contributed by atoms with van der Waals surface area (Å²) >= 11 is 0. The highest BCUT2D eigenvalue weighted by molar-refractivity contribution is 7.24. The highest BCUT2D eigenvalue weighted by Gasteiger charge is 2.18. The average Bonchev–Trinajstić information content (AvgIpc) is 2.34. The molecule has 4 heteroatoms. The van der Waals surface area contributed by atoms with Gasteiger partial charge in [0.15, 0.2) is 0 Å². The Morgan fingerprint density at radius 3 is 1.59 bits per heavy atom. The maximum atomic E-state index is 13.6. The third-order valence-corrected chi connectivity index (χ3v) is 3.61. The van der Waals surface area contributed by atoms with Gasteiger partial charge >= 0.3 is 0 Å². The molecule has 2 rings (SSSR count). The maximum Gasteiger partial charge on any atom is 0.127 e. The van der Waals surface area contributed by atoms with Crippen molar-refractivity contribution in [1.29, 1.82) is 0 Å². The fourth-order valence-electron chi connectivity index (χ4n) is 1.77. The first kappa shape index (κ1) is 12.0. The van der Waals surface area contributed by atoms with Gasteiger partial charge in [-0.1, -0.05) is 36.4 Å². The molecule has 1 nitrogen and oxygen atoms in total. The molecule has 1 atom stereocenters. The van der Waals surface area contributed by atoms with Crippen LogP contribution in [0.4, 0.5) is 8.78 Å². The highest BCUT2D eigenvalue weighted by atomic mass is 31.1. The summed E-state index contributed by atoms with van der Waals surface area (Å²) in [4.78, 5) is 0. The van der Waals surface area contributed by atoms with Gasteiger partial charge in [-0.25, -0.2) is 8.78 Å². The zero-order valence-electron chi connectivity index (χ0n) is 8.94. The lowest BCUT2D eigenvalue weighted by atomic mass is 10.0. The van der Waals surface area contributed by atoms with E-state index in [0.717, 1.165) is 0 Å². The van der Waals surface area contributed by atoms with E-state index in [1.807, 2.05) is 0 Å². The fraction of sp³-hybridized carbons (Fsp3) is 0.0769. The van der Waals surface area contributed by atoms with Crippen LogP contribution in [0.2, 0.25) is 0 Å². The Labute approximate surface area is 99.3 Å². The van der Waals surface area contributed by atoms with Crippen LogP contribution in [0.25, 0.3) is 0 Å². The van der Waals surface area contributed by atoms with Crippen LogP contribution in [0.3, 0.4) is 0 Å². The summed E-state index contributed by atoms with van der Waals surface area (Å²) in [6, 6.07) is 12.1. The lowest BCUT2D eigenvalue weighted by Crippen LogP contribution is -1.99. The first-order chi connectivity index (χ1) is 8.24. The van der Waals surface area contributed by atoms with Gasteiger partial charge in [0.1, 0.15) is 11.6 Å². The second-order valence-electron chi connectivity index (χ2n) is 3.66. The number of benzene rings is 2. The molecule has 0 fully saturated rings. The molecule has 0 N–H and O–H groups in total. The highest BCUT2D eigenvalue weighted by Crippen LogP contribution is 2.36. The van der Waals surface area contributed by atoms with Crippen molar-refractivity contribution in [2.24, 2.45) is 0 Å². The van der Waals surface area contributed by atoms with E-state index >= 15 is 0 Å². The molecule has 2 aromatic rings. The molecule has 17 heavy (non-hydrogen) atoms. The summed E-state index contributed by atoms with van der Waals surface area (Å²) in [5.41, 5.74) is -0.136. The van der Waals surface area contributed by atoms with Crippen LogP contribution >= 0.6 is 8.46 Å². The van der Waals surface area contributed by atoms with E-state index in [9.17, 15) is 13.3 Å². The van der Waals surface area contributed by atoms with Gasteiger partial charge in [-0.15, -0.1) is 0 Å². The van der Waals surface area contributed by atoms with Crippen LogP contribution in [0.5, 0.6) is 0 Å². The van der Waals surface area contributed by atoms with E-state index in [1.165, 1.54) is 24.3 Å². The van der Waals surface area contributed by atoms with Crippen LogP contribution in [0.15, 0.2) is 48.5 Å². The van der Waals surface area contributed by atoms with Gasteiger partial charge in [0.05, 0.1) is 14.1 Å². The zero-order valence-corrected chi connectivity index (χ0v) is 10.1. The Hall–Kier alpha value is -1.47. The predicted molar refractivity (Wildman–Crippen MR) is 65.0 cm³/mol. The molecule has 88 valence electrons. The minimum Gasteiger partial charge on any atom is -0.329 e. The SMILES string of the molecule is O=[PH2]C(c1ccccc1F)c1ccccc1F. The van der Waals surface area contributed by atoms with Gasteiger partial charge in [-0.3, -0.25) is 0 Å². The molecular weight excluding hydrogens is 241 g/mol. The molecular formula is C13H11F2OP. The van der Waals surface area contributed by atoms with Gasteiger partial charge in [-0.05, 0) is 12.1 Å². The zero-order chi connectivity index (χ0) is 12.3. The summed E-state index contributed by atoms with van der Waals surface area (Å²) in [7, 11) is -1.34. The number of hydrogen-bond acceptors (Lipinski definition) is 1. The van der Waals surface area contributed by atoms with Crippen molar-refractivity contribution in [3.05, 3.63) is 71.3 Å². The van der Waals surface area contributed by atoms with Crippen LogP contribution in [-0.2, 0) is 4.57 Å². The quantitative estimate of drug-likeness (QED) is 0.759. The molecule has 0 saturated carbocycles. The second kappa shape index (κ2) is 5.24. The van der Waals surface area contributed by atoms with Gasteiger partial charge in [0, 0.05) is 11.1 Å². The smallest absolute Gasteiger partial charge is 0.127 e. The summed E-state index contributed by atoms with van der Waals surface area (Å²) in [5, 5.41) is 0. The Morgan fingerprint density at radius 1 is 0.824 bits per heavy atom. The third kappa shape index (κ3) is 2.45. The molecule has 0 aromatic heterocycles. The number of rotatable bonds is 3. The van der Waals surface area contributed by atoms with Gasteiger partial charge < -0.3 is 4.57 Å². The standard InChI is InChI=1S/C13H11F2OP/c14-11-7-3-1-5-9(11)13(17-16)10-6-2-4-8-12(10)15/h1-8,13H,17H2. The Morgan fingerprint density at radius 2 is 1.24 bits per heavy atom. The summed E-state index contributed by atoms with van der Waals surface area (Å²) in [5.74, 6) is -0.909. The van der Waals surface area contributed by atoms with Crippen molar-refractivity contribution in [1.82, 2.24) is 0 Å². The van der Waals surface area contributed by atoms with E-state index in [0.29, 0.717) is 0 Å². The second-order valence-corrected chi connectivity index (χ2v) is 4.60. The lowest BCUT2D eigenvalue weighted by Gasteiger charge is -2.13. The van der Waals surface area contributed by atoms with Crippen molar-refractivity contribution < 1.29 is 13.3 Å². The van der Waals surface area contributed by atoms with Crippen LogP contribution in [-0.4, -0.2) is 0 Å². The number of hydrogen-bond donors (Lipinski definition) is 0. The molecule has 0 amide bonds. The average molecular weight is 252 g/mol. The van der Waals surface area contributed by atoms with Crippen molar-refractivity contribution in [2.45, 2.75) is 5.66 Å². The Bertz CT molecular complexity index is 497. The van der Waals surface area contributed by atoms with Crippen molar-refractivity contribution >= 4 is 8.46 Å². The van der Waals surface area contributed by atoms with Gasteiger partial charge in [0.2, 0.25) is 0 Å². The predicted octanol–water partition coefficient (Wildman–Crippen LogP) is 3.81. The van der Waals surface area contributed by atoms with Crippen molar-refractivity contribution in [2.75, 3.05) is 0 Å². The lowest BCUT2D eigenvalue weighted by molar-refractivity contribution is 0.577.